The summed E-state index contributed by atoms with van der Waals surface area (Å²) in [7, 11) is -2.31. The SMILES string of the molecule is C=C.CCC1COc2c(cn(C)c2C(=O)Nc2ccc(F)c(C#N)c2)S(=O)(=O)N1. The Morgan fingerprint density at radius 1 is 1.48 bits per heavy atom. The van der Waals surface area contributed by atoms with Crippen LogP contribution in [0.5, 0.6) is 5.75 Å². The van der Waals surface area contributed by atoms with Gasteiger partial charge in [-0.15, -0.1) is 13.2 Å². The molecule has 0 saturated heterocycles. The normalized spacial score (nSPS) is 16.8. The van der Waals surface area contributed by atoms with Crippen LogP contribution < -0.4 is 14.8 Å². The van der Waals surface area contributed by atoms with E-state index in [0.29, 0.717) is 6.42 Å². The van der Waals surface area contributed by atoms with Gasteiger partial charge in [-0.3, -0.25) is 4.79 Å². The first-order valence-electron chi connectivity index (χ1n) is 8.62. The van der Waals surface area contributed by atoms with E-state index in [0.717, 1.165) is 6.07 Å². The third-order valence-corrected chi connectivity index (χ3v) is 5.71. The van der Waals surface area contributed by atoms with Gasteiger partial charge in [-0.2, -0.15) is 5.26 Å². The number of carbonyl (C=O) groups is 1. The lowest BCUT2D eigenvalue weighted by atomic mass is 10.2. The van der Waals surface area contributed by atoms with Crippen LogP contribution in [0.25, 0.3) is 0 Å². The van der Waals surface area contributed by atoms with Crippen molar-refractivity contribution < 1.29 is 22.3 Å². The van der Waals surface area contributed by atoms with Crippen molar-refractivity contribution in [2.75, 3.05) is 11.9 Å². The number of carbonyl (C=O) groups excluding carboxylic acids is 1. The highest BCUT2D eigenvalue weighted by Crippen LogP contribution is 2.33. The molecule has 154 valence electrons. The average molecular weight is 420 g/mol. The molecule has 0 fully saturated rings. The number of rotatable bonds is 3. The van der Waals surface area contributed by atoms with Crippen molar-refractivity contribution >= 4 is 21.6 Å². The molecule has 0 radical (unpaired) electrons. The van der Waals surface area contributed by atoms with Crippen LogP contribution in [0.2, 0.25) is 0 Å². The Balaban J connectivity index is 0.00000145. The number of nitrogens with zero attached hydrogens (tertiary/aromatic N) is 2. The van der Waals surface area contributed by atoms with Crippen LogP contribution in [0.4, 0.5) is 10.1 Å². The second-order valence-corrected chi connectivity index (χ2v) is 7.76. The van der Waals surface area contributed by atoms with Gasteiger partial charge < -0.3 is 14.6 Å². The maximum Gasteiger partial charge on any atom is 0.276 e. The van der Waals surface area contributed by atoms with Gasteiger partial charge in [-0.05, 0) is 24.6 Å². The monoisotopic (exact) mass is 420 g/mol. The van der Waals surface area contributed by atoms with Crippen LogP contribution in [0, 0.1) is 17.1 Å². The molecular weight excluding hydrogens is 399 g/mol. The number of nitrogens with one attached hydrogen (secondary N) is 2. The largest absolute Gasteiger partial charge is 0.488 e. The molecular formula is C19H21FN4O4S. The molecule has 1 aliphatic heterocycles. The van der Waals surface area contributed by atoms with E-state index in [4.69, 9.17) is 10.00 Å². The van der Waals surface area contributed by atoms with Crippen molar-refractivity contribution in [3.8, 4) is 11.8 Å². The van der Waals surface area contributed by atoms with Gasteiger partial charge in [-0.1, -0.05) is 6.92 Å². The highest BCUT2D eigenvalue weighted by atomic mass is 32.2. The fourth-order valence-corrected chi connectivity index (χ4v) is 4.25. The molecule has 1 aromatic heterocycles. The lowest BCUT2D eigenvalue weighted by Gasteiger charge is -2.13. The molecule has 1 atom stereocenters. The molecule has 1 amide bonds. The summed E-state index contributed by atoms with van der Waals surface area (Å²) in [6.45, 7) is 7.91. The molecule has 0 bridgehead atoms. The molecule has 0 aliphatic carbocycles. The molecule has 1 unspecified atom stereocenters. The number of nitriles is 1. The van der Waals surface area contributed by atoms with E-state index in [-0.39, 0.29) is 34.2 Å². The topological polar surface area (TPSA) is 113 Å². The minimum absolute atomic E-state index is 0.00922. The van der Waals surface area contributed by atoms with Crippen molar-refractivity contribution in [2.45, 2.75) is 24.3 Å². The first kappa shape index (κ1) is 22.1. The first-order chi connectivity index (χ1) is 13.8. The summed E-state index contributed by atoms with van der Waals surface area (Å²) in [6, 6.07) is 4.86. The van der Waals surface area contributed by atoms with Gasteiger partial charge in [0.2, 0.25) is 10.0 Å². The van der Waals surface area contributed by atoms with Crippen molar-refractivity contribution in [3.05, 3.63) is 54.6 Å². The summed E-state index contributed by atoms with van der Waals surface area (Å²) in [5.74, 6) is -1.38. The van der Waals surface area contributed by atoms with Crippen LogP contribution in [0.1, 0.15) is 29.4 Å². The number of fused-ring (bicyclic) bond motifs is 1. The fourth-order valence-electron chi connectivity index (χ4n) is 2.75. The summed E-state index contributed by atoms with van der Waals surface area (Å²) >= 11 is 0. The Morgan fingerprint density at radius 3 is 2.79 bits per heavy atom. The van der Waals surface area contributed by atoms with Gasteiger partial charge in [0.25, 0.3) is 5.91 Å². The van der Waals surface area contributed by atoms with Gasteiger partial charge in [0.05, 0.1) is 11.6 Å². The maximum absolute atomic E-state index is 13.4. The number of benzene rings is 1. The number of anilines is 1. The molecule has 3 rings (SSSR count). The predicted molar refractivity (Wildman–Crippen MR) is 106 cm³/mol. The molecule has 29 heavy (non-hydrogen) atoms. The van der Waals surface area contributed by atoms with Crippen LogP contribution in [-0.4, -0.2) is 31.5 Å². The summed E-state index contributed by atoms with van der Waals surface area (Å²) < 4.78 is 48.0. The van der Waals surface area contributed by atoms with Crippen molar-refractivity contribution in [1.82, 2.24) is 9.29 Å². The number of aromatic nitrogens is 1. The van der Waals surface area contributed by atoms with Crippen LogP contribution in [0.15, 0.2) is 42.4 Å². The second-order valence-electron chi connectivity index (χ2n) is 6.08. The van der Waals surface area contributed by atoms with Crippen molar-refractivity contribution in [2.24, 2.45) is 7.05 Å². The number of amides is 1. The molecule has 1 aromatic carbocycles. The molecule has 2 N–H and O–H groups in total. The van der Waals surface area contributed by atoms with E-state index in [1.54, 1.807) is 6.07 Å². The number of hydrogen-bond donors (Lipinski definition) is 2. The fraction of sp³-hybridized carbons (Fsp3) is 0.263. The second kappa shape index (κ2) is 8.89. The first-order valence-corrected chi connectivity index (χ1v) is 10.1. The van der Waals surface area contributed by atoms with Gasteiger partial charge in [0.1, 0.15) is 23.4 Å². The Hall–Kier alpha value is -3.16. The summed E-state index contributed by atoms with van der Waals surface area (Å²) in [5, 5.41) is 11.4. The zero-order valence-corrected chi connectivity index (χ0v) is 16.8. The smallest absolute Gasteiger partial charge is 0.276 e. The molecule has 0 spiro atoms. The van der Waals surface area contributed by atoms with Crippen molar-refractivity contribution in [3.63, 3.8) is 0 Å². The Morgan fingerprint density at radius 2 is 2.17 bits per heavy atom. The number of aryl methyl sites for hydroxylation is 1. The molecule has 2 heterocycles. The van der Waals surface area contributed by atoms with Gasteiger partial charge in [0, 0.05) is 18.9 Å². The maximum atomic E-state index is 13.4. The number of sulfonamides is 1. The highest BCUT2D eigenvalue weighted by molar-refractivity contribution is 7.89. The summed E-state index contributed by atoms with van der Waals surface area (Å²) in [5.41, 5.74) is -0.00350. The number of halogens is 1. The van der Waals surface area contributed by atoms with Crippen LogP contribution in [0.3, 0.4) is 0 Å². The summed E-state index contributed by atoms with van der Waals surface area (Å²) in [4.78, 5) is 12.6. The predicted octanol–water partition coefficient (Wildman–Crippen LogP) is 2.54. The summed E-state index contributed by atoms with van der Waals surface area (Å²) in [6.07, 6.45) is 1.83. The van der Waals surface area contributed by atoms with Gasteiger partial charge in [0.15, 0.2) is 11.4 Å². The molecule has 10 heteroatoms. The molecule has 2 aromatic rings. The average Bonchev–Trinajstić information content (AvgIpc) is 2.99. The van der Waals surface area contributed by atoms with E-state index in [1.165, 1.54) is 29.9 Å². The molecule has 0 saturated carbocycles. The Kier molecular flexibility index (Phi) is 6.79. The van der Waals surface area contributed by atoms with Crippen molar-refractivity contribution in [1.29, 1.82) is 5.26 Å². The minimum atomic E-state index is -3.83. The lowest BCUT2D eigenvalue weighted by molar-refractivity contribution is 0.101. The standard InChI is InChI=1S/C17H17FN4O4S.C2H4/c1-3-11-9-26-16-14(27(24,25)21-11)8-22(2)15(16)17(23)20-12-4-5-13(18)10(6-12)7-19;1-2/h4-6,8,11,21H,3,9H2,1-2H3,(H,20,23);1-2H2. The van der Waals surface area contributed by atoms with E-state index in [9.17, 15) is 17.6 Å². The zero-order valence-electron chi connectivity index (χ0n) is 16.0. The zero-order chi connectivity index (χ0) is 21.8. The third kappa shape index (κ3) is 4.47. The van der Waals surface area contributed by atoms with E-state index < -0.39 is 27.8 Å². The van der Waals surface area contributed by atoms with E-state index >= 15 is 0 Å². The Bertz CT molecular complexity index is 1070. The Labute approximate surface area is 168 Å². The van der Waals surface area contributed by atoms with Crippen LogP contribution >= 0.6 is 0 Å². The van der Waals surface area contributed by atoms with Gasteiger partial charge >= 0.3 is 0 Å². The van der Waals surface area contributed by atoms with Crippen LogP contribution in [-0.2, 0) is 17.1 Å². The van der Waals surface area contributed by atoms with E-state index in [2.05, 4.69) is 23.2 Å². The minimum Gasteiger partial charge on any atom is -0.488 e. The quantitative estimate of drug-likeness (QED) is 0.741. The lowest BCUT2D eigenvalue weighted by Crippen LogP contribution is -2.36. The highest BCUT2D eigenvalue weighted by Gasteiger charge is 2.34. The van der Waals surface area contributed by atoms with E-state index in [1.807, 2.05) is 6.92 Å². The number of ether oxygens (including phenoxy) is 1. The third-order valence-electron chi connectivity index (χ3n) is 4.20. The van der Waals surface area contributed by atoms with Gasteiger partial charge in [-0.25, -0.2) is 17.5 Å². The number of hydrogen-bond acceptors (Lipinski definition) is 5. The molecule has 1 aliphatic rings. The molecule has 8 nitrogen and oxygen atoms in total.